The molecule has 2 rings (SSSR count). The molecule has 0 aliphatic carbocycles. The number of aliphatic hydroxyl groups excluding tert-OH is 1. The molecule has 0 saturated heterocycles. The molecule has 1 N–H and O–H groups in total. The number of benzene rings is 1. The number of hydrogen-bond donors (Lipinski definition) is 1. The predicted molar refractivity (Wildman–Crippen MR) is 64.1 cm³/mol. The Morgan fingerprint density at radius 2 is 2.25 bits per heavy atom. The molecule has 1 aromatic carbocycles. The third-order valence-electron chi connectivity index (χ3n) is 2.41. The summed E-state index contributed by atoms with van der Waals surface area (Å²) < 4.78 is 5.64. The molecule has 0 aliphatic rings. The minimum absolute atomic E-state index is 0.188. The van der Waals surface area contributed by atoms with Crippen LogP contribution in [0, 0.1) is 18.8 Å². The molecule has 2 aromatic rings. The maximum atomic E-state index is 8.62. The Hall–Kier alpha value is -1.72. The first-order chi connectivity index (χ1) is 7.81. The van der Waals surface area contributed by atoms with Gasteiger partial charge in [-0.1, -0.05) is 24.1 Å². The van der Waals surface area contributed by atoms with Gasteiger partial charge in [-0.3, -0.25) is 0 Å². The smallest absolute Gasteiger partial charge is 0.178 e. The van der Waals surface area contributed by atoms with Crippen molar-refractivity contribution in [3.8, 4) is 11.8 Å². The van der Waals surface area contributed by atoms with E-state index in [1.54, 1.807) is 0 Å². The lowest BCUT2D eigenvalue weighted by Gasteiger charge is -1.90. The second-order valence-electron chi connectivity index (χ2n) is 3.73. The van der Waals surface area contributed by atoms with E-state index >= 15 is 0 Å². The molecule has 0 radical (unpaired) electrons. The zero-order valence-electron chi connectivity index (χ0n) is 9.29. The van der Waals surface area contributed by atoms with Crippen LogP contribution in [0.25, 0.3) is 11.0 Å². The third kappa shape index (κ3) is 2.26. The highest BCUT2D eigenvalue weighted by Crippen LogP contribution is 2.21. The molecular weight excluding hydrogens is 200 g/mol. The Labute approximate surface area is 94.9 Å². The topological polar surface area (TPSA) is 33.4 Å². The van der Waals surface area contributed by atoms with Gasteiger partial charge in [0.15, 0.2) is 5.76 Å². The number of unbranched alkanes of at least 4 members (excludes halogenated alkanes) is 1. The van der Waals surface area contributed by atoms with Gasteiger partial charge < -0.3 is 9.52 Å². The van der Waals surface area contributed by atoms with Gasteiger partial charge in [0.25, 0.3) is 0 Å². The van der Waals surface area contributed by atoms with Crippen molar-refractivity contribution < 1.29 is 9.52 Å². The van der Waals surface area contributed by atoms with E-state index in [2.05, 4.69) is 11.8 Å². The van der Waals surface area contributed by atoms with Crippen molar-refractivity contribution in [3.05, 3.63) is 35.6 Å². The number of hydrogen-bond acceptors (Lipinski definition) is 2. The highest BCUT2D eigenvalue weighted by molar-refractivity contribution is 5.81. The summed E-state index contributed by atoms with van der Waals surface area (Å²) in [6.45, 7) is 2.21. The number of fused-ring (bicyclic) bond motifs is 1. The van der Waals surface area contributed by atoms with Crippen molar-refractivity contribution in [2.45, 2.75) is 19.8 Å². The van der Waals surface area contributed by atoms with E-state index in [4.69, 9.17) is 9.52 Å². The van der Waals surface area contributed by atoms with E-state index in [1.165, 1.54) is 0 Å². The largest absolute Gasteiger partial charge is 0.447 e. The minimum atomic E-state index is 0.188. The average molecular weight is 214 g/mol. The van der Waals surface area contributed by atoms with Gasteiger partial charge in [0.05, 0.1) is 0 Å². The van der Waals surface area contributed by atoms with Crippen LogP contribution in [-0.2, 0) is 0 Å². The maximum Gasteiger partial charge on any atom is 0.178 e. The molecule has 16 heavy (non-hydrogen) atoms. The van der Waals surface area contributed by atoms with Crippen LogP contribution in [0.2, 0.25) is 0 Å². The van der Waals surface area contributed by atoms with Gasteiger partial charge in [0.2, 0.25) is 0 Å². The highest BCUT2D eigenvalue weighted by atomic mass is 16.3. The normalized spacial score (nSPS) is 10.1. The van der Waals surface area contributed by atoms with E-state index in [-0.39, 0.29) is 6.61 Å². The molecule has 2 heteroatoms. The fraction of sp³-hybridized carbons (Fsp3) is 0.286. The van der Waals surface area contributed by atoms with E-state index in [9.17, 15) is 0 Å². The number of furan rings is 1. The summed E-state index contributed by atoms with van der Waals surface area (Å²) >= 11 is 0. The van der Waals surface area contributed by atoms with Gasteiger partial charge in [0.1, 0.15) is 5.58 Å². The first kappa shape index (κ1) is 10.8. The summed E-state index contributed by atoms with van der Waals surface area (Å²) in [7, 11) is 0. The van der Waals surface area contributed by atoms with Gasteiger partial charge >= 0.3 is 0 Å². The molecule has 0 unspecified atom stereocenters. The van der Waals surface area contributed by atoms with E-state index < -0.39 is 0 Å². The zero-order valence-corrected chi connectivity index (χ0v) is 9.29. The number of rotatable bonds is 2. The third-order valence-corrected chi connectivity index (χ3v) is 2.41. The summed E-state index contributed by atoms with van der Waals surface area (Å²) in [4.78, 5) is 0. The fourth-order valence-corrected chi connectivity index (χ4v) is 1.59. The first-order valence-electron chi connectivity index (χ1n) is 5.40. The van der Waals surface area contributed by atoms with Crippen LogP contribution in [0.1, 0.15) is 24.2 Å². The Balaban J connectivity index is 2.25. The molecule has 2 nitrogen and oxygen atoms in total. The summed E-state index contributed by atoms with van der Waals surface area (Å²) in [6, 6.07) is 8.00. The Kier molecular flexibility index (Phi) is 3.28. The van der Waals surface area contributed by atoms with Crippen LogP contribution >= 0.6 is 0 Å². The average Bonchev–Trinajstić information content (AvgIpc) is 2.69. The van der Waals surface area contributed by atoms with E-state index in [0.29, 0.717) is 18.6 Å². The lowest BCUT2D eigenvalue weighted by molar-refractivity contribution is 0.290. The summed E-state index contributed by atoms with van der Waals surface area (Å²) in [6.07, 6.45) is 1.42. The molecule has 0 saturated carbocycles. The molecule has 0 spiro atoms. The summed E-state index contributed by atoms with van der Waals surface area (Å²) in [5, 5.41) is 9.71. The standard InChI is InChI=1S/C14H14O2/c1-11-6-5-7-12-10-13(16-14(11)12)8-3-2-4-9-15/h5-7,10,15H,2,4,9H2,1H3. The number of aryl methyl sites for hydroxylation is 1. The van der Waals surface area contributed by atoms with Crippen molar-refractivity contribution in [2.75, 3.05) is 6.61 Å². The first-order valence-corrected chi connectivity index (χ1v) is 5.40. The van der Waals surface area contributed by atoms with Crippen LogP contribution in [0.15, 0.2) is 28.7 Å². The predicted octanol–water partition coefficient (Wildman–Crippen LogP) is 2.87. The van der Waals surface area contributed by atoms with Gasteiger partial charge in [-0.2, -0.15) is 0 Å². The van der Waals surface area contributed by atoms with Crippen LogP contribution in [0.5, 0.6) is 0 Å². The molecule has 1 aromatic heterocycles. The van der Waals surface area contributed by atoms with Crippen molar-refractivity contribution in [1.82, 2.24) is 0 Å². The molecule has 82 valence electrons. The molecule has 1 heterocycles. The Morgan fingerprint density at radius 1 is 1.38 bits per heavy atom. The second kappa shape index (κ2) is 4.87. The van der Waals surface area contributed by atoms with Crippen molar-refractivity contribution in [3.63, 3.8) is 0 Å². The van der Waals surface area contributed by atoms with Crippen LogP contribution in [0.4, 0.5) is 0 Å². The van der Waals surface area contributed by atoms with Crippen LogP contribution in [-0.4, -0.2) is 11.7 Å². The van der Waals surface area contributed by atoms with Crippen LogP contribution < -0.4 is 0 Å². The minimum Gasteiger partial charge on any atom is -0.447 e. The zero-order chi connectivity index (χ0) is 11.4. The lowest BCUT2D eigenvalue weighted by Crippen LogP contribution is -1.78. The van der Waals surface area contributed by atoms with Crippen molar-refractivity contribution in [2.24, 2.45) is 0 Å². The lowest BCUT2D eigenvalue weighted by atomic mass is 10.2. The molecular formula is C14H14O2. The number of para-hydroxylation sites is 1. The summed E-state index contributed by atoms with van der Waals surface area (Å²) in [5.74, 6) is 6.64. The monoisotopic (exact) mass is 214 g/mol. The molecule has 0 amide bonds. The Morgan fingerprint density at radius 3 is 3.00 bits per heavy atom. The molecule has 0 atom stereocenters. The van der Waals surface area contributed by atoms with Gasteiger partial charge in [-0.15, -0.1) is 0 Å². The second-order valence-corrected chi connectivity index (χ2v) is 3.73. The SMILES string of the molecule is Cc1cccc2cc(C#CCCCO)oc12. The van der Waals surface area contributed by atoms with Gasteiger partial charge in [-0.05, 0) is 24.8 Å². The fourth-order valence-electron chi connectivity index (χ4n) is 1.59. The van der Waals surface area contributed by atoms with E-state index in [0.717, 1.165) is 16.5 Å². The maximum absolute atomic E-state index is 8.62. The van der Waals surface area contributed by atoms with E-state index in [1.807, 2.05) is 31.2 Å². The van der Waals surface area contributed by atoms with Gasteiger partial charge in [0, 0.05) is 24.5 Å². The van der Waals surface area contributed by atoms with Crippen molar-refractivity contribution >= 4 is 11.0 Å². The molecule has 0 bridgehead atoms. The van der Waals surface area contributed by atoms with Crippen LogP contribution in [0.3, 0.4) is 0 Å². The van der Waals surface area contributed by atoms with Gasteiger partial charge in [-0.25, -0.2) is 0 Å². The highest BCUT2D eigenvalue weighted by Gasteiger charge is 2.02. The van der Waals surface area contributed by atoms with Crippen molar-refractivity contribution in [1.29, 1.82) is 0 Å². The molecule has 0 aliphatic heterocycles. The number of aliphatic hydroxyl groups is 1. The quantitative estimate of drug-likeness (QED) is 0.616. The summed E-state index contributed by atoms with van der Waals surface area (Å²) in [5.41, 5.74) is 2.04. The Bertz CT molecular complexity index is 541. The molecule has 0 fully saturated rings.